The molecule has 0 fully saturated rings. The summed E-state index contributed by atoms with van der Waals surface area (Å²) in [6.45, 7) is 6.38. The van der Waals surface area contributed by atoms with Gasteiger partial charge in [-0.3, -0.25) is 0 Å². The summed E-state index contributed by atoms with van der Waals surface area (Å²) in [7, 11) is 0. The minimum Gasteiger partial charge on any atom is -0.399 e. The Bertz CT molecular complexity index is 547. The van der Waals surface area contributed by atoms with Crippen molar-refractivity contribution in [3.63, 3.8) is 0 Å². The van der Waals surface area contributed by atoms with Crippen molar-refractivity contribution in [1.82, 2.24) is 20.2 Å². The number of hydrogen-bond donors (Lipinski definition) is 1. The molecule has 2 aromatic rings. The lowest BCUT2D eigenvalue weighted by Crippen LogP contribution is -2.12. The summed E-state index contributed by atoms with van der Waals surface area (Å²) < 4.78 is 1.95. The van der Waals surface area contributed by atoms with E-state index in [1.54, 1.807) is 0 Å². The van der Waals surface area contributed by atoms with Crippen LogP contribution in [0.25, 0.3) is 11.4 Å². The second-order valence-corrected chi connectivity index (χ2v) is 4.87. The van der Waals surface area contributed by atoms with Crippen molar-refractivity contribution in [2.75, 3.05) is 5.73 Å². The van der Waals surface area contributed by atoms with E-state index in [-0.39, 0.29) is 0 Å². The molecule has 0 saturated carbocycles. The first-order valence-electron chi connectivity index (χ1n) is 6.81. The number of aromatic nitrogens is 4. The van der Waals surface area contributed by atoms with Gasteiger partial charge in [0.2, 0.25) is 0 Å². The molecule has 0 aliphatic carbocycles. The molecule has 0 spiro atoms. The van der Waals surface area contributed by atoms with Crippen molar-refractivity contribution in [3.05, 3.63) is 23.8 Å². The van der Waals surface area contributed by atoms with E-state index in [2.05, 4.69) is 29.4 Å². The third-order valence-electron chi connectivity index (χ3n) is 3.42. The lowest BCUT2D eigenvalue weighted by atomic mass is 10.1. The first-order chi connectivity index (χ1) is 9.17. The minimum absolute atomic E-state index is 0.354. The maximum atomic E-state index is 5.79. The maximum absolute atomic E-state index is 5.79. The molecule has 5 nitrogen and oxygen atoms in total. The Hall–Kier alpha value is -1.91. The van der Waals surface area contributed by atoms with Crippen molar-refractivity contribution >= 4 is 5.69 Å². The van der Waals surface area contributed by atoms with Crippen molar-refractivity contribution < 1.29 is 0 Å². The van der Waals surface area contributed by atoms with Crippen LogP contribution in [0, 0.1) is 6.92 Å². The summed E-state index contributed by atoms with van der Waals surface area (Å²) in [6.07, 6.45) is 3.24. The molecule has 0 radical (unpaired) electrons. The molecule has 2 rings (SSSR count). The standard InChI is InChI=1S/C14H21N5/c1-4-6-12(5-2)19-14(16-17-18-19)13-8-7-11(15)9-10(13)3/h7-9,12H,4-6,15H2,1-3H3. The number of tetrazole rings is 1. The van der Waals surface area contributed by atoms with E-state index in [1.807, 2.05) is 29.8 Å². The first kappa shape index (κ1) is 13.5. The van der Waals surface area contributed by atoms with Gasteiger partial charge in [0, 0.05) is 11.3 Å². The van der Waals surface area contributed by atoms with Crippen LogP contribution in [0.1, 0.15) is 44.7 Å². The molecule has 2 N–H and O–H groups in total. The number of aryl methyl sites for hydroxylation is 1. The van der Waals surface area contributed by atoms with Crippen molar-refractivity contribution in [3.8, 4) is 11.4 Å². The highest BCUT2D eigenvalue weighted by atomic mass is 15.5. The van der Waals surface area contributed by atoms with Gasteiger partial charge in [-0.05, 0) is 54.0 Å². The Balaban J connectivity index is 2.43. The van der Waals surface area contributed by atoms with Gasteiger partial charge in [0.25, 0.3) is 0 Å². The molecule has 0 bridgehead atoms. The Kier molecular flexibility index (Phi) is 4.14. The van der Waals surface area contributed by atoms with Gasteiger partial charge in [0.05, 0.1) is 6.04 Å². The fraction of sp³-hybridized carbons (Fsp3) is 0.500. The van der Waals surface area contributed by atoms with E-state index < -0.39 is 0 Å². The fourth-order valence-corrected chi connectivity index (χ4v) is 2.39. The molecule has 19 heavy (non-hydrogen) atoms. The molecule has 0 aliphatic rings. The number of nitrogens with two attached hydrogens (primary N) is 1. The number of nitrogens with zero attached hydrogens (tertiary/aromatic N) is 4. The van der Waals surface area contributed by atoms with E-state index in [0.29, 0.717) is 6.04 Å². The second kappa shape index (κ2) is 5.82. The summed E-state index contributed by atoms with van der Waals surface area (Å²) >= 11 is 0. The Labute approximate surface area is 113 Å². The lowest BCUT2D eigenvalue weighted by molar-refractivity contribution is 0.403. The van der Waals surface area contributed by atoms with E-state index in [4.69, 9.17) is 5.73 Å². The van der Waals surface area contributed by atoms with Crippen molar-refractivity contribution in [2.24, 2.45) is 0 Å². The molecule has 1 atom stereocenters. The Morgan fingerprint density at radius 1 is 1.32 bits per heavy atom. The molecule has 0 aliphatic heterocycles. The highest BCUT2D eigenvalue weighted by Gasteiger charge is 2.17. The van der Waals surface area contributed by atoms with Gasteiger partial charge in [-0.25, -0.2) is 4.68 Å². The van der Waals surface area contributed by atoms with Crippen LogP contribution in [-0.2, 0) is 0 Å². The van der Waals surface area contributed by atoms with Crippen LogP contribution in [-0.4, -0.2) is 20.2 Å². The largest absolute Gasteiger partial charge is 0.399 e. The molecule has 102 valence electrons. The zero-order valence-corrected chi connectivity index (χ0v) is 11.8. The molecule has 0 saturated heterocycles. The number of rotatable bonds is 5. The summed E-state index contributed by atoms with van der Waals surface area (Å²) in [5.74, 6) is 0.831. The smallest absolute Gasteiger partial charge is 0.182 e. The Morgan fingerprint density at radius 3 is 2.74 bits per heavy atom. The zero-order valence-electron chi connectivity index (χ0n) is 11.8. The SMILES string of the molecule is CCCC(CC)n1nnnc1-c1ccc(N)cc1C. The molecular formula is C14H21N5. The van der Waals surface area contributed by atoms with E-state index in [0.717, 1.165) is 41.9 Å². The van der Waals surface area contributed by atoms with Crippen LogP contribution in [0.5, 0.6) is 0 Å². The van der Waals surface area contributed by atoms with Gasteiger partial charge in [0.15, 0.2) is 5.82 Å². The van der Waals surface area contributed by atoms with Gasteiger partial charge in [-0.2, -0.15) is 0 Å². The summed E-state index contributed by atoms with van der Waals surface area (Å²) in [6, 6.07) is 6.19. The van der Waals surface area contributed by atoms with Crippen LogP contribution >= 0.6 is 0 Å². The fourth-order valence-electron chi connectivity index (χ4n) is 2.39. The number of nitrogen functional groups attached to an aromatic ring is 1. The number of benzene rings is 1. The Morgan fingerprint density at radius 2 is 2.11 bits per heavy atom. The van der Waals surface area contributed by atoms with E-state index in [9.17, 15) is 0 Å². The maximum Gasteiger partial charge on any atom is 0.182 e. The second-order valence-electron chi connectivity index (χ2n) is 4.87. The van der Waals surface area contributed by atoms with E-state index >= 15 is 0 Å². The topological polar surface area (TPSA) is 69.6 Å². The first-order valence-corrected chi connectivity index (χ1v) is 6.81. The average Bonchev–Trinajstić information content (AvgIpc) is 2.85. The quantitative estimate of drug-likeness (QED) is 0.838. The van der Waals surface area contributed by atoms with Gasteiger partial charge in [0.1, 0.15) is 0 Å². The summed E-state index contributed by atoms with van der Waals surface area (Å²) in [5.41, 5.74) is 8.71. The van der Waals surface area contributed by atoms with Gasteiger partial charge >= 0.3 is 0 Å². The molecule has 0 amide bonds. The molecule has 5 heteroatoms. The highest BCUT2D eigenvalue weighted by molar-refractivity contribution is 5.63. The lowest BCUT2D eigenvalue weighted by Gasteiger charge is -2.16. The van der Waals surface area contributed by atoms with Gasteiger partial charge in [-0.15, -0.1) is 5.10 Å². The van der Waals surface area contributed by atoms with Crippen LogP contribution in [0.2, 0.25) is 0 Å². The van der Waals surface area contributed by atoms with Crippen LogP contribution in [0.3, 0.4) is 0 Å². The molecular weight excluding hydrogens is 238 g/mol. The predicted octanol–water partition coefficient (Wildman–Crippen LogP) is 2.98. The normalized spacial score (nSPS) is 12.6. The third-order valence-corrected chi connectivity index (χ3v) is 3.42. The van der Waals surface area contributed by atoms with Crippen LogP contribution in [0.15, 0.2) is 18.2 Å². The van der Waals surface area contributed by atoms with Crippen LogP contribution < -0.4 is 5.73 Å². The average molecular weight is 259 g/mol. The highest BCUT2D eigenvalue weighted by Crippen LogP contribution is 2.27. The summed E-state index contributed by atoms with van der Waals surface area (Å²) in [5, 5.41) is 12.2. The van der Waals surface area contributed by atoms with Gasteiger partial charge < -0.3 is 5.73 Å². The molecule has 1 unspecified atom stereocenters. The van der Waals surface area contributed by atoms with Crippen LogP contribution in [0.4, 0.5) is 5.69 Å². The van der Waals surface area contributed by atoms with Gasteiger partial charge in [-0.1, -0.05) is 20.3 Å². The predicted molar refractivity (Wildman–Crippen MR) is 76.6 cm³/mol. The van der Waals surface area contributed by atoms with Crippen molar-refractivity contribution in [1.29, 1.82) is 0 Å². The zero-order chi connectivity index (χ0) is 13.8. The molecule has 1 aromatic carbocycles. The third kappa shape index (κ3) is 2.75. The monoisotopic (exact) mass is 259 g/mol. The van der Waals surface area contributed by atoms with E-state index in [1.165, 1.54) is 0 Å². The summed E-state index contributed by atoms with van der Waals surface area (Å²) in [4.78, 5) is 0. The number of anilines is 1. The number of hydrogen-bond acceptors (Lipinski definition) is 4. The minimum atomic E-state index is 0.354. The molecule has 1 heterocycles. The van der Waals surface area contributed by atoms with Crippen molar-refractivity contribution in [2.45, 2.75) is 46.1 Å². The molecule has 1 aromatic heterocycles.